The normalized spacial score (nSPS) is 18.0. The van der Waals surface area contributed by atoms with Gasteiger partial charge < -0.3 is 34.8 Å². The van der Waals surface area contributed by atoms with Crippen LogP contribution in [0.2, 0.25) is 0 Å². The van der Waals surface area contributed by atoms with Crippen molar-refractivity contribution in [3.8, 4) is 33.6 Å². The van der Waals surface area contributed by atoms with E-state index in [-0.39, 0.29) is 36.4 Å². The molecule has 3 aromatic heterocycles. The molecule has 0 spiro atoms. The zero-order chi connectivity index (χ0) is 42.7. The maximum atomic E-state index is 14.2. The number of nitrogens with one attached hydrogen (secondary N) is 2. The van der Waals surface area contributed by atoms with Gasteiger partial charge in [-0.05, 0) is 73.5 Å². The van der Waals surface area contributed by atoms with Crippen LogP contribution in [-0.4, -0.2) is 93.9 Å². The fourth-order valence-corrected chi connectivity index (χ4v) is 9.07. The number of primary amides is 1. The maximum Gasteiger partial charge on any atom is 0.405 e. The summed E-state index contributed by atoms with van der Waals surface area (Å²) in [6, 6.07) is 26.0. The first-order chi connectivity index (χ1) is 29.5. The first-order valence-corrected chi connectivity index (χ1v) is 21.2. The summed E-state index contributed by atoms with van der Waals surface area (Å²) in [5.74, 6) is 1.28. The van der Waals surface area contributed by atoms with E-state index in [1.807, 2.05) is 36.3 Å². The summed E-state index contributed by atoms with van der Waals surface area (Å²) in [4.78, 5) is 67.1. The van der Waals surface area contributed by atoms with Gasteiger partial charge in [-0.1, -0.05) is 92.7 Å². The molecule has 0 aliphatic carbocycles. The number of carbonyl (C=O) groups is 3. The lowest BCUT2D eigenvalue weighted by Gasteiger charge is -2.34. The molecule has 14 nitrogen and oxygen atoms in total. The second-order valence-corrected chi connectivity index (χ2v) is 16.3. The predicted molar refractivity (Wildman–Crippen MR) is 233 cm³/mol. The van der Waals surface area contributed by atoms with Crippen LogP contribution in [0.15, 0.2) is 104 Å². The molecular weight excluding hydrogens is 769 g/mol. The summed E-state index contributed by atoms with van der Waals surface area (Å²) >= 11 is 0. The van der Waals surface area contributed by atoms with Gasteiger partial charge in [-0.25, -0.2) is 19.7 Å². The standard InChI is InChI=1S/C47H54N10O4/c1-5-55(6-2)41(35-12-8-7-9-13-35)44(58)56-24-10-14-39(56)42-49-27-37(52-42)33-20-16-31(17-21-33)32-18-22-34(23-19-32)38-28-50-43(53-38)40-15-11-25-57(40)45(59)47(3,61-46(48)60)26-36-29-54(4)30-51-36/h7-9,12-13,16-23,27-30,39-41H,5-6,10-11,14-15,24-26H2,1-4H3,(H2,48,60)(H,49,52)(H,50,53)/t39-,40-,41+,47-/m0/s1. The number of hydrogen-bond donors (Lipinski definition) is 3. The van der Waals surface area contributed by atoms with Crippen LogP contribution >= 0.6 is 0 Å². The highest BCUT2D eigenvalue weighted by molar-refractivity contribution is 5.88. The average molecular weight is 823 g/mol. The molecule has 3 aromatic carbocycles. The van der Waals surface area contributed by atoms with Crippen molar-refractivity contribution in [2.75, 3.05) is 26.2 Å². The molecule has 2 fully saturated rings. The van der Waals surface area contributed by atoms with Crippen LogP contribution in [0.1, 0.15) is 87.5 Å². The second kappa shape index (κ2) is 17.6. The molecule has 6 aromatic rings. The van der Waals surface area contributed by atoms with Crippen molar-refractivity contribution in [2.45, 2.75) is 76.6 Å². The first-order valence-electron chi connectivity index (χ1n) is 21.2. The Morgan fingerprint density at radius 1 is 0.787 bits per heavy atom. The number of rotatable bonds is 14. The summed E-state index contributed by atoms with van der Waals surface area (Å²) in [6.07, 6.45) is 9.47. The molecule has 0 radical (unpaired) electrons. The van der Waals surface area contributed by atoms with E-state index in [0.29, 0.717) is 31.0 Å². The number of imidazole rings is 3. The third kappa shape index (κ3) is 8.58. The zero-order valence-electron chi connectivity index (χ0n) is 35.3. The average Bonchev–Trinajstić information content (AvgIpc) is 4.13. The van der Waals surface area contributed by atoms with Crippen LogP contribution in [0, 0.1) is 0 Å². The molecule has 316 valence electrons. The van der Waals surface area contributed by atoms with Gasteiger partial charge in [0.1, 0.15) is 17.7 Å². The van der Waals surface area contributed by atoms with Crippen LogP contribution in [0.25, 0.3) is 33.6 Å². The minimum absolute atomic E-state index is 0.0950. The van der Waals surface area contributed by atoms with E-state index in [1.54, 1.807) is 35.1 Å². The van der Waals surface area contributed by atoms with Crippen molar-refractivity contribution in [2.24, 2.45) is 12.8 Å². The number of likely N-dealkylation sites (N-methyl/N-ethyl adjacent to an activating group) is 1. The Kier molecular flexibility index (Phi) is 11.9. The summed E-state index contributed by atoms with van der Waals surface area (Å²) in [6.45, 7) is 8.59. The number of H-pyrrole nitrogens is 2. The molecule has 0 saturated carbocycles. The number of hydrogen-bond acceptors (Lipinski definition) is 8. The monoisotopic (exact) mass is 822 g/mol. The molecule has 3 amide bonds. The summed E-state index contributed by atoms with van der Waals surface area (Å²) in [5, 5.41) is 0. The van der Waals surface area contributed by atoms with Crippen LogP contribution in [0.5, 0.6) is 0 Å². The molecule has 5 heterocycles. The van der Waals surface area contributed by atoms with Crippen molar-refractivity contribution in [3.05, 3.63) is 127 Å². The van der Waals surface area contributed by atoms with Gasteiger partial charge in [0, 0.05) is 32.8 Å². The van der Waals surface area contributed by atoms with Gasteiger partial charge in [-0.15, -0.1) is 0 Å². The van der Waals surface area contributed by atoms with Gasteiger partial charge in [0.2, 0.25) is 5.91 Å². The van der Waals surface area contributed by atoms with Gasteiger partial charge in [-0.2, -0.15) is 0 Å². The summed E-state index contributed by atoms with van der Waals surface area (Å²) in [5.41, 5.74) is 11.4. The number of aryl methyl sites for hydroxylation is 1. The van der Waals surface area contributed by atoms with Crippen molar-refractivity contribution < 1.29 is 19.1 Å². The fraction of sp³-hybridized carbons (Fsp3) is 0.362. The number of ether oxygens (including phenoxy) is 1. The van der Waals surface area contributed by atoms with E-state index in [2.05, 4.69) is 94.4 Å². The van der Waals surface area contributed by atoms with E-state index in [0.717, 1.165) is 77.4 Å². The van der Waals surface area contributed by atoms with E-state index in [1.165, 1.54) is 0 Å². The Bertz CT molecular complexity index is 2450. The van der Waals surface area contributed by atoms with Crippen molar-refractivity contribution in [1.29, 1.82) is 0 Å². The van der Waals surface area contributed by atoms with Crippen molar-refractivity contribution in [1.82, 2.24) is 44.2 Å². The van der Waals surface area contributed by atoms with Crippen molar-refractivity contribution >= 4 is 17.9 Å². The number of carbonyl (C=O) groups excluding carboxylic acids is 3. The number of nitrogens with two attached hydrogens (primary N) is 1. The van der Waals surface area contributed by atoms with E-state index >= 15 is 0 Å². The molecule has 61 heavy (non-hydrogen) atoms. The Morgan fingerprint density at radius 2 is 1.31 bits per heavy atom. The number of amides is 3. The highest BCUT2D eigenvalue weighted by Crippen LogP contribution is 2.37. The number of nitrogens with zero attached hydrogens (tertiary/aromatic N) is 7. The van der Waals surface area contributed by atoms with E-state index < -0.39 is 11.7 Å². The first kappa shape index (κ1) is 41.2. The van der Waals surface area contributed by atoms with Gasteiger partial charge in [0.05, 0.1) is 47.9 Å². The third-order valence-electron chi connectivity index (χ3n) is 12.2. The van der Waals surface area contributed by atoms with Crippen LogP contribution in [0.4, 0.5) is 4.79 Å². The lowest BCUT2D eigenvalue weighted by atomic mass is 9.97. The number of aromatic amines is 2. The third-order valence-corrected chi connectivity index (χ3v) is 12.2. The van der Waals surface area contributed by atoms with Gasteiger partial charge in [0.25, 0.3) is 5.91 Å². The molecule has 0 unspecified atom stereocenters. The largest absolute Gasteiger partial charge is 0.433 e. The lowest BCUT2D eigenvalue weighted by molar-refractivity contribution is -0.150. The molecule has 8 rings (SSSR count). The Hall–Kier alpha value is -6.54. The predicted octanol–water partition coefficient (Wildman–Crippen LogP) is 7.37. The number of likely N-dealkylation sites (tertiary alicyclic amines) is 2. The molecule has 2 aliphatic rings. The molecular formula is C47H54N10O4. The summed E-state index contributed by atoms with van der Waals surface area (Å²) < 4.78 is 7.25. The van der Waals surface area contributed by atoms with E-state index in [4.69, 9.17) is 20.4 Å². The summed E-state index contributed by atoms with van der Waals surface area (Å²) in [7, 11) is 1.84. The molecule has 2 saturated heterocycles. The van der Waals surface area contributed by atoms with Crippen molar-refractivity contribution in [3.63, 3.8) is 0 Å². The smallest absolute Gasteiger partial charge is 0.405 e. The van der Waals surface area contributed by atoms with Gasteiger partial charge >= 0.3 is 6.09 Å². The molecule has 4 N–H and O–H groups in total. The van der Waals surface area contributed by atoms with Crippen LogP contribution in [-0.2, 0) is 27.8 Å². The number of benzene rings is 3. The Morgan fingerprint density at radius 3 is 1.82 bits per heavy atom. The number of aromatic nitrogens is 6. The highest BCUT2D eigenvalue weighted by Gasteiger charge is 2.45. The molecule has 4 atom stereocenters. The Labute approximate surface area is 356 Å². The van der Waals surface area contributed by atoms with Crippen LogP contribution in [0.3, 0.4) is 0 Å². The topological polar surface area (TPSA) is 171 Å². The Balaban J connectivity index is 0.931. The quantitative estimate of drug-likeness (QED) is 0.102. The van der Waals surface area contributed by atoms with Gasteiger partial charge in [0.15, 0.2) is 5.60 Å². The lowest BCUT2D eigenvalue weighted by Crippen LogP contribution is -2.52. The zero-order valence-corrected chi connectivity index (χ0v) is 35.3. The fourth-order valence-electron chi connectivity index (χ4n) is 9.07. The molecule has 14 heteroatoms. The minimum atomic E-state index is -1.52. The maximum absolute atomic E-state index is 14.2. The molecule has 2 aliphatic heterocycles. The van der Waals surface area contributed by atoms with Gasteiger partial charge in [-0.3, -0.25) is 14.5 Å². The SMILES string of the molecule is CCN(CC)[C@@H](C(=O)N1CCC[C@H]1c1ncc(-c2ccc(-c3ccc(-c4cnc([C@@H]5CCCN5C(=O)[C@](C)(Cc5cn(C)cn5)OC(N)=O)[nH]4)cc3)cc2)[nH]1)c1ccccc1. The van der Waals surface area contributed by atoms with Crippen LogP contribution < -0.4 is 5.73 Å². The molecule has 0 bridgehead atoms. The second-order valence-electron chi connectivity index (χ2n) is 16.3. The highest BCUT2D eigenvalue weighted by atomic mass is 16.6. The minimum Gasteiger partial charge on any atom is -0.433 e. The van der Waals surface area contributed by atoms with E-state index in [9.17, 15) is 14.4 Å².